The minimum atomic E-state index is -1.14. The number of aryl methyl sites for hydroxylation is 3. The van der Waals surface area contributed by atoms with Gasteiger partial charge in [0.1, 0.15) is 0 Å². The van der Waals surface area contributed by atoms with Gasteiger partial charge in [0, 0.05) is 17.6 Å². The molecule has 2 aromatic rings. The van der Waals surface area contributed by atoms with Gasteiger partial charge in [0.05, 0.1) is 32.4 Å². The zero-order valence-corrected chi connectivity index (χ0v) is 14.2. The standard InChI is InChI=1S/C14H18BrN3OS/c1-4-11-14(15)12(18(3)17-11)8-20(19)13-7-10(16)6-5-9(13)2/h5-7H,4,8,16H2,1-3H3. The average molecular weight is 356 g/mol. The number of aromatic nitrogens is 2. The lowest BCUT2D eigenvalue weighted by Crippen LogP contribution is -2.05. The topological polar surface area (TPSA) is 60.9 Å². The molecule has 0 spiro atoms. The highest BCUT2D eigenvalue weighted by Crippen LogP contribution is 2.26. The summed E-state index contributed by atoms with van der Waals surface area (Å²) in [5, 5.41) is 4.43. The Balaban J connectivity index is 2.33. The third-order valence-electron chi connectivity index (χ3n) is 3.23. The van der Waals surface area contributed by atoms with Gasteiger partial charge in [0.15, 0.2) is 0 Å². The molecule has 0 aliphatic heterocycles. The first-order valence-electron chi connectivity index (χ1n) is 6.38. The molecule has 108 valence electrons. The predicted octanol–water partition coefficient (Wildman–Crippen LogP) is 2.94. The molecule has 4 nitrogen and oxygen atoms in total. The van der Waals surface area contributed by atoms with Crippen LogP contribution in [0.4, 0.5) is 5.69 Å². The molecule has 0 saturated heterocycles. The van der Waals surface area contributed by atoms with Crippen molar-refractivity contribution >= 4 is 32.4 Å². The van der Waals surface area contributed by atoms with Crippen LogP contribution in [-0.4, -0.2) is 14.0 Å². The lowest BCUT2D eigenvalue weighted by Gasteiger charge is -2.08. The van der Waals surface area contributed by atoms with Gasteiger partial charge < -0.3 is 5.73 Å². The van der Waals surface area contributed by atoms with E-state index in [-0.39, 0.29) is 0 Å². The third-order valence-corrected chi connectivity index (χ3v) is 5.61. The van der Waals surface area contributed by atoms with E-state index in [0.29, 0.717) is 11.4 Å². The summed E-state index contributed by atoms with van der Waals surface area (Å²) >= 11 is 3.55. The SMILES string of the molecule is CCc1nn(C)c(CS(=O)c2cc(N)ccc2C)c1Br. The van der Waals surface area contributed by atoms with Gasteiger partial charge in [-0.15, -0.1) is 0 Å². The molecule has 0 bridgehead atoms. The number of benzene rings is 1. The Hall–Kier alpha value is -1.14. The van der Waals surface area contributed by atoms with Crippen LogP contribution >= 0.6 is 15.9 Å². The minimum absolute atomic E-state index is 0.425. The van der Waals surface area contributed by atoms with Gasteiger partial charge in [-0.05, 0) is 47.0 Å². The van der Waals surface area contributed by atoms with E-state index in [1.165, 1.54) is 0 Å². The molecule has 1 atom stereocenters. The molecule has 1 heterocycles. The molecule has 1 aromatic heterocycles. The van der Waals surface area contributed by atoms with Gasteiger partial charge in [-0.25, -0.2) is 0 Å². The van der Waals surface area contributed by atoms with Crippen LogP contribution < -0.4 is 5.73 Å². The molecular formula is C14H18BrN3OS. The van der Waals surface area contributed by atoms with Crippen molar-refractivity contribution in [3.8, 4) is 0 Å². The molecular weight excluding hydrogens is 338 g/mol. The summed E-state index contributed by atoms with van der Waals surface area (Å²) in [6.45, 7) is 4.00. The van der Waals surface area contributed by atoms with E-state index in [0.717, 1.165) is 32.7 Å². The van der Waals surface area contributed by atoms with Crippen LogP contribution in [0.15, 0.2) is 27.6 Å². The molecule has 0 saturated carbocycles. The number of halogens is 1. The summed E-state index contributed by atoms with van der Waals surface area (Å²) in [6.07, 6.45) is 0.846. The number of hydrogen-bond donors (Lipinski definition) is 1. The summed E-state index contributed by atoms with van der Waals surface area (Å²) in [7, 11) is 0.741. The van der Waals surface area contributed by atoms with Crippen molar-refractivity contribution in [3.63, 3.8) is 0 Å². The highest BCUT2D eigenvalue weighted by molar-refractivity contribution is 9.10. The first-order chi connectivity index (χ1) is 9.43. The molecule has 0 aliphatic carbocycles. The van der Waals surface area contributed by atoms with E-state index < -0.39 is 10.8 Å². The summed E-state index contributed by atoms with van der Waals surface area (Å²) in [5.41, 5.74) is 9.35. The maximum Gasteiger partial charge on any atom is 0.0767 e. The van der Waals surface area contributed by atoms with Crippen molar-refractivity contribution in [1.29, 1.82) is 0 Å². The van der Waals surface area contributed by atoms with Crippen LogP contribution in [-0.2, 0) is 30.0 Å². The van der Waals surface area contributed by atoms with Crippen LogP contribution in [0, 0.1) is 6.92 Å². The quantitative estimate of drug-likeness (QED) is 0.857. The van der Waals surface area contributed by atoms with Gasteiger partial charge >= 0.3 is 0 Å². The van der Waals surface area contributed by atoms with Gasteiger partial charge in [0.25, 0.3) is 0 Å². The number of nitrogens with zero attached hydrogens (tertiary/aromatic N) is 2. The van der Waals surface area contributed by atoms with Gasteiger partial charge in [-0.3, -0.25) is 8.89 Å². The van der Waals surface area contributed by atoms with Gasteiger partial charge in [-0.2, -0.15) is 5.10 Å². The fourth-order valence-corrected chi connectivity index (χ4v) is 4.41. The molecule has 2 rings (SSSR count). The molecule has 0 radical (unpaired) electrons. The van der Waals surface area contributed by atoms with Crippen LogP contribution in [0.1, 0.15) is 23.9 Å². The Morgan fingerprint density at radius 3 is 2.75 bits per heavy atom. The smallest absolute Gasteiger partial charge is 0.0767 e. The summed E-state index contributed by atoms with van der Waals surface area (Å²) in [6, 6.07) is 5.51. The van der Waals surface area contributed by atoms with Crippen LogP contribution in [0.5, 0.6) is 0 Å². The maximum atomic E-state index is 12.6. The van der Waals surface area contributed by atoms with E-state index in [4.69, 9.17) is 5.73 Å². The Morgan fingerprint density at radius 2 is 2.15 bits per heavy atom. The van der Waals surface area contributed by atoms with Crippen LogP contribution in [0.3, 0.4) is 0 Å². The van der Waals surface area contributed by atoms with Crippen molar-refractivity contribution in [2.75, 3.05) is 5.73 Å². The zero-order chi connectivity index (χ0) is 14.9. The van der Waals surface area contributed by atoms with Crippen LogP contribution in [0.2, 0.25) is 0 Å². The highest BCUT2D eigenvalue weighted by atomic mass is 79.9. The fourth-order valence-electron chi connectivity index (χ4n) is 2.04. The van der Waals surface area contributed by atoms with Crippen molar-refractivity contribution in [2.24, 2.45) is 7.05 Å². The Bertz CT molecular complexity index is 667. The molecule has 2 N–H and O–H groups in total. The summed E-state index contributed by atoms with van der Waals surface area (Å²) in [4.78, 5) is 0.788. The molecule has 1 aromatic carbocycles. The second kappa shape index (κ2) is 6.10. The van der Waals surface area contributed by atoms with E-state index in [9.17, 15) is 4.21 Å². The number of nitrogen functional groups attached to an aromatic ring is 1. The molecule has 0 amide bonds. The lowest BCUT2D eigenvalue weighted by atomic mass is 10.2. The average Bonchev–Trinajstić information content (AvgIpc) is 2.68. The molecule has 0 fully saturated rings. The Kier molecular flexibility index (Phi) is 4.65. The second-order valence-corrected chi connectivity index (χ2v) is 6.91. The van der Waals surface area contributed by atoms with Crippen molar-refractivity contribution in [3.05, 3.63) is 39.6 Å². The fraction of sp³-hybridized carbons (Fsp3) is 0.357. The first kappa shape index (κ1) is 15.3. The number of nitrogens with two attached hydrogens (primary N) is 1. The largest absolute Gasteiger partial charge is 0.399 e. The Morgan fingerprint density at radius 1 is 1.45 bits per heavy atom. The molecule has 1 unspecified atom stereocenters. The Labute approximate surface area is 130 Å². The number of anilines is 1. The van der Waals surface area contributed by atoms with Crippen molar-refractivity contribution < 1.29 is 4.21 Å². The van der Waals surface area contributed by atoms with Gasteiger partial charge in [0.2, 0.25) is 0 Å². The highest BCUT2D eigenvalue weighted by Gasteiger charge is 2.17. The summed E-state index contributed by atoms with van der Waals surface area (Å²) in [5.74, 6) is 0.425. The van der Waals surface area contributed by atoms with E-state index in [2.05, 4.69) is 28.0 Å². The predicted molar refractivity (Wildman–Crippen MR) is 86.0 cm³/mol. The van der Waals surface area contributed by atoms with E-state index in [1.54, 1.807) is 10.7 Å². The number of hydrogen-bond acceptors (Lipinski definition) is 3. The maximum absolute atomic E-state index is 12.6. The minimum Gasteiger partial charge on any atom is -0.399 e. The normalized spacial score (nSPS) is 12.6. The summed E-state index contributed by atoms with van der Waals surface area (Å²) < 4.78 is 15.3. The zero-order valence-electron chi connectivity index (χ0n) is 11.8. The van der Waals surface area contributed by atoms with Crippen LogP contribution in [0.25, 0.3) is 0 Å². The van der Waals surface area contributed by atoms with Crippen molar-refractivity contribution in [2.45, 2.75) is 30.9 Å². The third kappa shape index (κ3) is 2.96. The monoisotopic (exact) mass is 355 g/mol. The molecule has 6 heteroatoms. The van der Waals surface area contributed by atoms with E-state index in [1.807, 2.05) is 26.1 Å². The molecule has 0 aliphatic rings. The van der Waals surface area contributed by atoms with E-state index >= 15 is 0 Å². The van der Waals surface area contributed by atoms with Gasteiger partial charge in [-0.1, -0.05) is 13.0 Å². The number of rotatable bonds is 4. The first-order valence-corrected chi connectivity index (χ1v) is 8.50. The van der Waals surface area contributed by atoms with Crippen molar-refractivity contribution in [1.82, 2.24) is 9.78 Å². The lowest BCUT2D eigenvalue weighted by molar-refractivity contribution is 0.675. The second-order valence-electron chi connectivity index (χ2n) is 4.70. The molecule has 20 heavy (non-hydrogen) atoms.